The first kappa shape index (κ1) is 21.5. The third-order valence-electron chi connectivity index (χ3n) is 3.91. The molecule has 0 bridgehead atoms. The fourth-order valence-electron chi connectivity index (χ4n) is 2.41. The molecule has 10 nitrogen and oxygen atoms in total. The van der Waals surface area contributed by atoms with Crippen molar-refractivity contribution in [1.29, 1.82) is 0 Å². The highest BCUT2D eigenvalue weighted by Gasteiger charge is 2.15. The van der Waals surface area contributed by atoms with Gasteiger partial charge in [0.2, 0.25) is 11.7 Å². The number of benzene rings is 2. The Morgan fingerprint density at radius 1 is 1.16 bits per heavy atom. The number of non-ortho nitro benzene ring substituents is 1. The van der Waals surface area contributed by atoms with E-state index in [4.69, 9.17) is 9.26 Å². The zero-order valence-electron chi connectivity index (χ0n) is 15.7. The Morgan fingerprint density at radius 2 is 1.90 bits per heavy atom. The van der Waals surface area contributed by atoms with Crippen molar-refractivity contribution < 1.29 is 32.6 Å². The van der Waals surface area contributed by atoms with Crippen LogP contribution in [0.2, 0.25) is 0 Å². The minimum absolute atomic E-state index is 0.0359. The van der Waals surface area contributed by atoms with Crippen molar-refractivity contribution in [1.82, 2.24) is 10.1 Å². The van der Waals surface area contributed by atoms with Gasteiger partial charge in [0.25, 0.3) is 11.6 Å². The Balaban J connectivity index is 1.46. The minimum atomic E-state index is -0.876. The number of nitrogens with zero attached hydrogens (tertiary/aromatic N) is 3. The molecule has 31 heavy (non-hydrogen) atoms. The Labute approximate surface area is 173 Å². The van der Waals surface area contributed by atoms with Crippen molar-refractivity contribution in [3.8, 4) is 11.4 Å². The topological polar surface area (TPSA) is 137 Å². The van der Waals surface area contributed by atoms with Gasteiger partial charge < -0.3 is 14.6 Å². The van der Waals surface area contributed by atoms with Crippen molar-refractivity contribution in [2.75, 3.05) is 11.9 Å². The molecule has 1 N–H and O–H groups in total. The van der Waals surface area contributed by atoms with E-state index in [1.54, 1.807) is 0 Å². The Bertz CT molecular complexity index is 1120. The summed E-state index contributed by atoms with van der Waals surface area (Å²) in [5.41, 5.74) is -0.285. The first-order chi connectivity index (χ1) is 14.8. The van der Waals surface area contributed by atoms with Crippen LogP contribution in [0.4, 0.5) is 20.2 Å². The number of nitro groups is 1. The number of rotatable bonds is 8. The number of carbonyl (C=O) groups excluding carboxylic acids is 2. The number of aryl methyl sites for hydroxylation is 1. The standard InChI is InChI=1S/C19H14F2N4O6/c20-12-3-1-11(2-4-12)19-23-17(31-24-19)7-8-18(27)30-10-16(26)22-15-9-13(25(28)29)5-6-14(15)21/h1-6,9H,7-8,10H2,(H,22,26). The van der Waals surface area contributed by atoms with Crippen LogP contribution in [0.5, 0.6) is 0 Å². The van der Waals surface area contributed by atoms with E-state index < -0.39 is 46.4 Å². The molecule has 12 heteroatoms. The predicted octanol–water partition coefficient (Wildman–Crippen LogP) is 3.04. The van der Waals surface area contributed by atoms with Gasteiger partial charge in [-0.3, -0.25) is 19.7 Å². The second kappa shape index (κ2) is 9.52. The number of halogens is 2. The van der Waals surface area contributed by atoms with E-state index in [2.05, 4.69) is 15.5 Å². The molecule has 0 aliphatic rings. The molecule has 1 aromatic heterocycles. The number of hydrogen-bond acceptors (Lipinski definition) is 8. The molecule has 0 atom stereocenters. The Morgan fingerprint density at radius 3 is 2.61 bits per heavy atom. The van der Waals surface area contributed by atoms with Gasteiger partial charge in [0.05, 0.1) is 17.0 Å². The van der Waals surface area contributed by atoms with Gasteiger partial charge in [-0.15, -0.1) is 0 Å². The summed E-state index contributed by atoms with van der Waals surface area (Å²) in [5.74, 6) is -2.55. The molecule has 0 radical (unpaired) electrons. The molecule has 1 heterocycles. The van der Waals surface area contributed by atoms with E-state index >= 15 is 0 Å². The highest BCUT2D eigenvalue weighted by Crippen LogP contribution is 2.21. The maximum atomic E-state index is 13.7. The van der Waals surface area contributed by atoms with Crippen LogP contribution in [0.15, 0.2) is 47.0 Å². The molecule has 0 aliphatic carbocycles. The quantitative estimate of drug-likeness (QED) is 0.326. The van der Waals surface area contributed by atoms with E-state index in [1.165, 1.54) is 24.3 Å². The van der Waals surface area contributed by atoms with Gasteiger partial charge in [-0.2, -0.15) is 4.98 Å². The number of carbonyl (C=O) groups is 2. The van der Waals surface area contributed by atoms with Crippen molar-refractivity contribution in [2.24, 2.45) is 0 Å². The van der Waals surface area contributed by atoms with E-state index in [0.29, 0.717) is 5.56 Å². The summed E-state index contributed by atoms with van der Waals surface area (Å²) in [4.78, 5) is 37.7. The Kier molecular flexibility index (Phi) is 6.60. The number of nitro benzene ring substituents is 1. The molecule has 0 saturated heterocycles. The monoisotopic (exact) mass is 432 g/mol. The number of aromatic nitrogens is 2. The first-order valence-electron chi connectivity index (χ1n) is 8.80. The van der Waals surface area contributed by atoms with Crippen LogP contribution in [0.3, 0.4) is 0 Å². The molecule has 0 fully saturated rings. The van der Waals surface area contributed by atoms with E-state index in [1.807, 2.05) is 0 Å². The highest BCUT2D eigenvalue weighted by atomic mass is 19.1. The van der Waals surface area contributed by atoms with Gasteiger partial charge >= 0.3 is 5.97 Å². The second-order valence-electron chi connectivity index (χ2n) is 6.15. The molecular weight excluding hydrogens is 418 g/mol. The lowest BCUT2D eigenvalue weighted by Crippen LogP contribution is -2.21. The van der Waals surface area contributed by atoms with Crippen LogP contribution < -0.4 is 5.32 Å². The zero-order chi connectivity index (χ0) is 22.4. The summed E-state index contributed by atoms with van der Waals surface area (Å²) >= 11 is 0. The summed E-state index contributed by atoms with van der Waals surface area (Å²) in [6.07, 6.45) is -0.141. The van der Waals surface area contributed by atoms with Gasteiger partial charge in [0.15, 0.2) is 6.61 Å². The first-order valence-corrected chi connectivity index (χ1v) is 8.80. The summed E-state index contributed by atoms with van der Waals surface area (Å²) in [6.45, 7) is -0.717. The number of hydrogen-bond donors (Lipinski definition) is 1. The smallest absolute Gasteiger partial charge is 0.306 e. The van der Waals surface area contributed by atoms with E-state index in [-0.39, 0.29) is 24.6 Å². The van der Waals surface area contributed by atoms with Crippen LogP contribution in [0.1, 0.15) is 12.3 Å². The van der Waals surface area contributed by atoms with E-state index in [9.17, 15) is 28.5 Å². The largest absolute Gasteiger partial charge is 0.456 e. The van der Waals surface area contributed by atoms with Crippen molar-refractivity contribution in [2.45, 2.75) is 12.8 Å². The third-order valence-corrected chi connectivity index (χ3v) is 3.91. The average molecular weight is 432 g/mol. The molecule has 0 unspecified atom stereocenters. The molecule has 0 saturated carbocycles. The van der Waals surface area contributed by atoms with Crippen LogP contribution in [-0.2, 0) is 20.7 Å². The van der Waals surface area contributed by atoms with Gasteiger partial charge in [-0.25, -0.2) is 8.78 Å². The molecule has 0 spiro atoms. The summed E-state index contributed by atoms with van der Waals surface area (Å²) in [7, 11) is 0. The molecule has 3 rings (SSSR count). The molecule has 1 amide bonds. The lowest BCUT2D eigenvalue weighted by molar-refractivity contribution is -0.384. The maximum Gasteiger partial charge on any atom is 0.306 e. The van der Waals surface area contributed by atoms with Gasteiger partial charge in [0.1, 0.15) is 11.6 Å². The molecule has 160 valence electrons. The summed E-state index contributed by atoms with van der Waals surface area (Å²) in [6, 6.07) is 8.07. The molecular formula is C19H14F2N4O6. The molecule has 0 aliphatic heterocycles. The van der Waals surface area contributed by atoms with Crippen molar-refractivity contribution in [3.05, 3.63) is 70.1 Å². The van der Waals surface area contributed by atoms with E-state index in [0.717, 1.165) is 18.2 Å². The Hall–Kier alpha value is -4.22. The van der Waals surface area contributed by atoms with Crippen LogP contribution in [-0.4, -0.2) is 33.5 Å². The van der Waals surface area contributed by atoms with Gasteiger partial charge in [-0.1, -0.05) is 5.16 Å². The van der Waals surface area contributed by atoms with Crippen LogP contribution >= 0.6 is 0 Å². The lowest BCUT2D eigenvalue weighted by atomic mass is 10.2. The zero-order valence-corrected chi connectivity index (χ0v) is 15.7. The van der Waals surface area contributed by atoms with Crippen LogP contribution in [0, 0.1) is 21.7 Å². The SMILES string of the molecule is O=C(COC(=O)CCc1nc(-c2ccc(F)cc2)no1)Nc1cc([N+](=O)[O-])ccc1F. The summed E-state index contributed by atoms with van der Waals surface area (Å²) in [5, 5.41) is 16.6. The fraction of sp³-hybridized carbons (Fsp3) is 0.158. The third kappa shape index (κ3) is 5.88. The van der Waals surface area contributed by atoms with Gasteiger partial charge in [0, 0.05) is 24.1 Å². The predicted molar refractivity (Wildman–Crippen MR) is 101 cm³/mol. The fourth-order valence-corrected chi connectivity index (χ4v) is 2.41. The lowest BCUT2D eigenvalue weighted by Gasteiger charge is -2.07. The number of ether oxygens (including phenoxy) is 1. The minimum Gasteiger partial charge on any atom is -0.456 e. The number of anilines is 1. The molecule has 3 aromatic rings. The highest BCUT2D eigenvalue weighted by molar-refractivity contribution is 5.93. The normalized spacial score (nSPS) is 10.5. The number of amides is 1. The second-order valence-corrected chi connectivity index (χ2v) is 6.15. The van der Waals surface area contributed by atoms with Crippen LogP contribution in [0.25, 0.3) is 11.4 Å². The summed E-state index contributed by atoms with van der Waals surface area (Å²) < 4.78 is 36.4. The average Bonchev–Trinajstić information content (AvgIpc) is 3.21. The molecule has 2 aromatic carbocycles. The van der Waals surface area contributed by atoms with Gasteiger partial charge in [-0.05, 0) is 30.3 Å². The maximum absolute atomic E-state index is 13.7. The van der Waals surface area contributed by atoms with Crippen molar-refractivity contribution in [3.63, 3.8) is 0 Å². The number of esters is 1. The number of nitrogens with one attached hydrogen (secondary N) is 1. The van der Waals surface area contributed by atoms with Crippen molar-refractivity contribution >= 4 is 23.3 Å².